The van der Waals surface area contributed by atoms with Crippen molar-refractivity contribution in [1.29, 1.82) is 0 Å². The molecule has 0 aliphatic carbocycles. The average molecular weight is 283 g/mol. The lowest BCUT2D eigenvalue weighted by Crippen LogP contribution is -2.35. The van der Waals surface area contributed by atoms with E-state index in [0.29, 0.717) is 12.0 Å². The van der Waals surface area contributed by atoms with Crippen LogP contribution in [-0.2, 0) is 6.54 Å². The first-order chi connectivity index (χ1) is 8.95. The Bertz CT molecular complexity index is 388. The zero-order chi connectivity index (χ0) is 14.4. The number of nitrogens with zero attached hydrogens (tertiary/aromatic N) is 1. The topological polar surface area (TPSA) is 15.3 Å². The number of hydrogen-bond acceptors (Lipinski definition) is 2. The molecule has 0 saturated heterocycles. The molecule has 108 valence electrons. The molecule has 0 unspecified atom stereocenters. The van der Waals surface area contributed by atoms with Gasteiger partial charge in [0.25, 0.3) is 0 Å². The maximum atomic E-state index is 6.14. The third-order valence-corrected chi connectivity index (χ3v) is 3.34. The molecule has 1 N–H and O–H groups in total. The molecule has 0 radical (unpaired) electrons. The van der Waals surface area contributed by atoms with E-state index >= 15 is 0 Å². The van der Waals surface area contributed by atoms with Crippen molar-refractivity contribution >= 4 is 17.3 Å². The van der Waals surface area contributed by atoms with E-state index < -0.39 is 0 Å². The van der Waals surface area contributed by atoms with Gasteiger partial charge in [-0.2, -0.15) is 0 Å². The summed E-state index contributed by atoms with van der Waals surface area (Å²) in [5, 5.41) is 4.20. The van der Waals surface area contributed by atoms with Crippen LogP contribution in [0, 0.1) is 5.92 Å². The Morgan fingerprint density at radius 1 is 1.21 bits per heavy atom. The quantitative estimate of drug-likeness (QED) is 0.801. The van der Waals surface area contributed by atoms with Crippen LogP contribution < -0.4 is 10.2 Å². The molecule has 2 nitrogen and oxygen atoms in total. The minimum Gasteiger partial charge on any atom is -0.369 e. The van der Waals surface area contributed by atoms with Gasteiger partial charge < -0.3 is 10.2 Å². The van der Waals surface area contributed by atoms with Crippen molar-refractivity contribution in [1.82, 2.24) is 5.32 Å². The van der Waals surface area contributed by atoms with E-state index in [0.717, 1.165) is 24.7 Å². The second-order valence-electron chi connectivity index (χ2n) is 5.69. The average Bonchev–Trinajstić information content (AvgIpc) is 2.33. The molecule has 1 rings (SSSR count). The zero-order valence-electron chi connectivity index (χ0n) is 12.8. The molecule has 19 heavy (non-hydrogen) atoms. The molecule has 0 aliphatic heterocycles. The Morgan fingerprint density at radius 3 is 2.42 bits per heavy atom. The van der Waals surface area contributed by atoms with Crippen molar-refractivity contribution in [3.8, 4) is 0 Å². The van der Waals surface area contributed by atoms with Crippen molar-refractivity contribution in [2.24, 2.45) is 5.92 Å². The molecule has 0 bridgehead atoms. The smallest absolute Gasteiger partial charge is 0.0415 e. The molecule has 1 aromatic carbocycles. The van der Waals surface area contributed by atoms with E-state index in [9.17, 15) is 0 Å². The van der Waals surface area contributed by atoms with Crippen molar-refractivity contribution in [3.05, 3.63) is 28.8 Å². The number of hydrogen-bond donors (Lipinski definition) is 1. The van der Waals surface area contributed by atoms with Crippen molar-refractivity contribution in [2.75, 3.05) is 18.0 Å². The van der Waals surface area contributed by atoms with Gasteiger partial charge in [0.05, 0.1) is 0 Å². The molecule has 1 aromatic rings. The van der Waals surface area contributed by atoms with Gasteiger partial charge in [0.15, 0.2) is 0 Å². The fourth-order valence-electron chi connectivity index (χ4n) is 2.22. The van der Waals surface area contributed by atoms with Gasteiger partial charge in [-0.3, -0.25) is 0 Å². The van der Waals surface area contributed by atoms with Gasteiger partial charge in [-0.15, -0.1) is 0 Å². The highest BCUT2D eigenvalue weighted by Gasteiger charge is 2.15. The van der Waals surface area contributed by atoms with Gasteiger partial charge in [-0.1, -0.05) is 32.4 Å². The van der Waals surface area contributed by atoms with Crippen molar-refractivity contribution in [2.45, 2.75) is 47.2 Å². The summed E-state index contributed by atoms with van der Waals surface area (Å²) in [6.07, 6.45) is 0. The predicted octanol–water partition coefficient (Wildman–Crippen LogP) is 4.32. The first kappa shape index (κ1) is 16.3. The van der Waals surface area contributed by atoms with E-state index in [1.165, 1.54) is 11.3 Å². The SMILES string of the molecule is CCNCc1cc(Cl)ccc1N(CC(C)C)C(C)C. The van der Waals surface area contributed by atoms with E-state index in [1.807, 2.05) is 6.07 Å². The van der Waals surface area contributed by atoms with Gasteiger partial charge in [-0.25, -0.2) is 0 Å². The van der Waals surface area contributed by atoms with Crippen LogP contribution >= 0.6 is 11.6 Å². The second kappa shape index (κ2) is 7.76. The van der Waals surface area contributed by atoms with Crippen LogP contribution in [0.5, 0.6) is 0 Å². The number of halogens is 1. The number of nitrogens with one attached hydrogen (secondary N) is 1. The highest BCUT2D eigenvalue weighted by atomic mass is 35.5. The Hall–Kier alpha value is -0.730. The Labute approximate surface area is 123 Å². The van der Waals surface area contributed by atoms with Crippen LogP contribution in [0.3, 0.4) is 0 Å². The molecule has 0 saturated carbocycles. The van der Waals surface area contributed by atoms with Crippen LogP contribution in [0.15, 0.2) is 18.2 Å². The summed E-state index contributed by atoms with van der Waals surface area (Å²) >= 11 is 6.14. The first-order valence-electron chi connectivity index (χ1n) is 7.21. The monoisotopic (exact) mass is 282 g/mol. The summed E-state index contributed by atoms with van der Waals surface area (Å²) in [4.78, 5) is 2.47. The molecule has 0 aromatic heterocycles. The Balaban J connectivity index is 3.06. The summed E-state index contributed by atoms with van der Waals surface area (Å²) in [7, 11) is 0. The predicted molar refractivity (Wildman–Crippen MR) is 86.2 cm³/mol. The fraction of sp³-hybridized carbons (Fsp3) is 0.625. The minimum absolute atomic E-state index is 0.490. The van der Waals surface area contributed by atoms with Crippen LogP contribution in [0.4, 0.5) is 5.69 Å². The standard InChI is InChI=1S/C16H27ClN2/c1-6-18-10-14-9-15(17)7-8-16(14)19(13(4)5)11-12(2)3/h7-9,12-13,18H,6,10-11H2,1-5H3. The molecule has 0 atom stereocenters. The van der Waals surface area contributed by atoms with E-state index in [1.54, 1.807) is 0 Å². The van der Waals surface area contributed by atoms with Crippen LogP contribution in [0.1, 0.15) is 40.2 Å². The lowest BCUT2D eigenvalue weighted by molar-refractivity contribution is 0.568. The highest BCUT2D eigenvalue weighted by Crippen LogP contribution is 2.27. The molecule has 3 heteroatoms. The second-order valence-corrected chi connectivity index (χ2v) is 6.13. The lowest BCUT2D eigenvalue weighted by atomic mass is 10.1. The highest BCUT2D eigenvalue weighted by molar-refractivity contribution is 6.30. The van der Waals surface area contributed by atoms with E-state index in [2.05, 4.69) is 57.0 Å². The minimum atomic E-state index is 0.490. The lowest BCUT2D eigenvalue weighted by Gasteiger charge is -2.32. The summed E-state index contributed by atoms with van der Waals surface area (Å²) < 4.78 is 0. The number of benzene rings is 1. The number of rotatable bonds is 7. The summed E-state index contributed by atoms with van der Waals surface area (Å²) in [5.41, 5.74) is 2.58. The van der Waals surface area contributed by atoms with Gasteiger partial charge in [0.2, 0.25) is 0 Å². The van der Waals surface area contributed by atoms with Crippen LogP contribution in [0.25, 0.3) is 0 Å². The normalized spacial score (nSPS) is 11.4. The first-order valence-corrected chi connectivity index (χ1v) is 7.59. The van der Waals surface area contributed by atoms with Crippen LogP contribution in [-0.4, -0.2) is 19.1 Å². The van der Waals surface area contributed by atoms with Crippen LogP contribution in [0.2, 0.25) is 5.02 Å². The summed E-state index contributed by atoms with van der Waals surface area (Å²) in [6.45, 7) is 14.0. The van der Waals surface area contributed by atoms with E-state index in [4.69, 9.17) is 11.6 Å². The molecular weight excluding hydrogens is 256 g/mol. The van der Waals surface area contributed by atoms with Crippen molar-refractivity contribution < 1.29 is 0 Å². The van der Waals surface area contributed by atoms with Gasteiger partial charge in [0, 0.05) is 29.8 Å². The molecule has 0 heterocycles. The molecule has 0 aliphatic rings. The number of anilines is 1. The third kappa shape index (κ3) is 5.04. The molecule has 0 spiro atoms. The van der Waals surface area contributed by atoms with Gasteiger partial charge in [0.1, 0.15) is 0 Å². The Kier molecular flexibility index (Phi) is 6.67. The third-order valence-electron chi connectivity index (χ3n) is 3.10. The largest absolute Gasteiger partial charge is 0.369 e. The van der Waals surface area contributed by atoms with Gasteiger partial charge in [-0.05, 0) is 50.1 Å². The maximum absolute atomic E-state index is 6.14. The van der Waals surface area contributed by atoms with Gasteiger partial charge >= 0.3 is 0 Å². The summed E-state index contributed by atoms with van der Waals surface area (Å²) in [5.74, 6) is 0.644. The molecule has 0 amide bonds. The zero-order valence-corrected chi connectivity index (χ0v) is 13.6. The fourth-order valence-corrected chi connectivity index (χ4v) is 2.41. The van der Waals surface area contributed by atoms with E-state index in [-0.39, 0.29) is 0 Å². The molecule has 0 fully saturated rings. The molecular formula is C16H27ClN2. The van der Waals surface area contributed by atoms with Crippen molar-refractivity contribution in [3.63, 3.8) is 0 Å². The maximum Gasteiger partial charge on any atom is 0.0415 e. The Morgan fingerprint density at radius 2 is 1.89 bits per heavy atom. The summed E-state index contributed by atoms with van der Waals surface area (Å²) in [6, 6.07) is 6.71.